The smallest absolute Gasteiger partial charge is 0.191 e. The van der Waals surface area contributed by atoms with Gasteiger partial charge in [0.15, 0.2) is 9.84 Å². The Balaban J connectivity index is 2.26. The summed E-state index contributed by atoms with van der Waals surface area (Å²) in [4.78, 5) is 0.0842. The van der Waals surface area contributed by atoms with Crippen molar-refractivity contribution in [3.63, 3.8) is 0 Å². The van der Waals surface area contributed by atoms with Gasteiger partial charge in [-0.05, 0) is 25.0 Å². The Labute approximate surface area is 94.2 Å². The van der Waals surface area contributed by atoms with Crippen molar-refractivity contribution in [1.82, 2.24) is 0 Å². The van der Waals surface area contributed by atoms with Gasteiger partial charge < -0.3 is 10.4 Å². The Bertz CT molecular complexity index is 546. The Morgan fingerprint density at radius 2 is 2.06 bits per heavy atom. The number of phenolic OH excluding ortho intramolecular Hbond substituents is 1. The standard InChI is InChI=1S/C11H13NO3S/c13-9-4-1-3-8-10(9)16(14,15)11(7-12-8)5-2-6-11/h1,3-4,12-13H,2,5-7H2. The number of fused-ring (bicyclic) bond motifs is 1. The fourth-order valence-electron chi connectivity index (χ4n) is 2.53. The van der Waals surface area contributed by atoms with Gasteiger partial charge in [0.05, 0.1) is 10.4 Å². The van der Waals surface area contributed by atoms with Crippen LogP contribution in [0.15, 0.2) is 23.1 Å². The summed E-state index contributed by atoms with van der Waals surface area (Å²) < 4.78 is 24.2. The largest absolute Gasteiger partial charge is 0.507 e. The second-order valence-electron chi connectivity index (χ2n) is 4.55. The lowest BCUT2D eigenvalue weighted by Gasteiger charge is -2.44. The zero-order valence-electron chi connectivity index (χ0n) is 8.73. The summed E-state index contributed by atoms with van der Waals surface area (Å²) in [6, 6.07) is 4.77. The minimum Gasteiger partial charge on any atom is -0.507 e. The van der Waals surface area contributed by atoms with Crippen LogP contribution in [-0.4, -0.2) is 24.8 Å². The molecule has 0 amide bonds. The minimum absolute atomic E-state index is 0.0842. The number of aromatic hydroxyl groups is 1. The highest BCUT2D eigenvalue weighted by atomic mass is 32.2. The predicted molar refractivity (Wildman–Crippen MR) is 60.4 cm³/mol. The molecule has 0 saturated heterocycles. The monoisotopic (exact) mass is 239 g/mol. The number of benzene rings is 1. The average Bonchev–Trinajstić information content (AvgIpc) is 2.14. The first-order valence-corrected chi connectivity index (χ1v) is 6.86. The molecule has 0 bridgehead atoms. The van der Waals surface area contributed by atoms with Crippen molar-refractivity contribution < 1.29 is 13.5 Å². The molecule has 2 aliphatic rings. The topological polar surface area (TPSA) is 66.4 Å². The lowest BCUT2D eigenvalue weighted by atomic mass is 9.84. The van der Waals surface area contributed by atoms with Crippen molar-refractivity contribution in [3.05, 3.63) is 18.2 Å². The van der Waals surface area contributed by atoms with E-state index in [1.807, 2.05) is 0 Å². The van der Waals surface area contributed by atoms with E-state index in [2.05, 4.69) is 5.32 Å². The average molecular weight is 239 g/mol. The summed E-state index contributed by atoms with van der Waals surface area (Å²) in [5.41, 5.74) is 0.525. The van der Waals surface area contributed by atoms with Gasteiger partial charge in [0.25, 0.3) is 0 Å². The fraction of sp³-hybridized carbons (Fsp3) is 0.455. The maximum atomic E-state index is 12.4. The van der Waals surface area contributed by atoms with Crippen LogP contribution in [0.3, 0.4) is 0 Å². The molecule has 1 aromatic carbocycles. The lowest BCUT2D eigenvalue weighted by molar-refractivity contribution is 0.345. The van der Waals surface area contributed by atoms with Gasteiger partial charge in [-0.3, -0.25) is 0 Å². The van der Waals surface area contributed by atoms with E-state index in [-0.39, 0.29) is 10.6 Å². The Kier molecular flexibility index (Phi) is 1.81. The fourth-order valence-corrected chi connectivity index (χ4v) is 4.83. The van der Waals surface area contributed by atoms with Crippen LogP contribution in [0.2, 0.25) is 0 Å². The van der Waals surface area contributed by atoms with Gasteiger partial charge in [0, 0.05) is 6.54 Å². The number of hydrogen-bond donors (Lipinski definition) is 2. The van der Waals surface area contributed by atoms with Gasteiger partial charge in [-0.15, -0.1) is 0 Å². The molecule has 0 atom stereocenters. The van der Waals surface area contributed by atoms with Crippen molar-refractivity contribution >= 4 is 15.5 Å². The normalized spacial score (nSPS) is 24.2. The molecule has 1 spiro atoms. The molecule has 0 radical (unpaired) electrons. The van der Waals surface area contributed by atoms with E-state index < -0.39 is 14.6 Å². The van der Waals surface area contributed by atoms with Crippen LogP contribution in [0.4, 0.5) is 5.69 Å². The molecular formula is C11H13NO3S. The Hall–Kier alpha value is -1.23. The van der Waals surface area contributed by atoms with Crippen LogP contribution >= 0.6 is 0 Å². The Morgan fingerprint density at radius 1 is 1.31 bits per heavy atom. The molecule has 3 rings (SSSR count). The van der Waals surface area contributed by atoms with Gasteiger partial charge in [0.2, 0.25) is 0 Å². The van der Waals surface area contributed by atoms with Crippen LogP contribution < -0.4 is 5.32 Å². The molecule has 86 valence electrons. The molecule has 1 aromatic rings. The third-order valence-electron chi connectivity index (χ3n) is 3.70. The van der Waals surface area contributed by atoms with Gasteiger partial charge >= 0.3 is 0 Å². The quantitative estimate of drug-likeness (QED) is 0.720. The summed E-state index contributed by atoms with van der Waals surface area (Å²) in [6.07, 6.45) is 2.33. The first-order valence-electron chi connectivity index (χ1n) is 5.37. The summed E-state index contributed by atoms with van der Waals surface area (Å²) >= 11 is 0. The van der Waals surface area contributed by atoms with Crippen molar-refractivity contribution in [2.24, 2.45) is 0 Å². The molecule has 5 heteroatoms. The second-order valence-corrected chi connectivity index (χ2v) is 6.83. The number of hydrogen-bond acceptors (Lipinski definition) is 4. The van der Waals surface area contributed by atoms with Crippen LogP contribution in [0, 0.1) is 0 Å². The maximum absolute atomic E-state index is 12.4. The molecule has 1 aliphatic heterocycles. The highest BCUT2D eigenvalue weighted by Gasteiger charge is 2.53. The zero-order chi connectivity index (χ0) is 11.4. The van der Waals surface area contributed by atoms with Crippen LogP contribution in [0.25, 0.3) is 0 Å². The van der Waals surface area contributed by atoms with Crippen LogP contribution in [0.1, 0.15) is 19.3 Å². The van der Waals surface area contributed by atoms with E-state index in [1.54, 1.807) is 12.1 Å². The molecule has 1 saturated carbocycles. The van der Waals surface area contributed by atoms with Gasteiger partial charge in [-0.25, -0.2) is 8.42 Å². The van der Waals surface area contributed by atoms with Crippen LogP contribution in [-0.2, 0) is 9.84 Å². The Morgan fingerprint density at radius 3 is 2.69 bits per heavy atom. The molecule has 2 N–H and O–H groups in total. The molecule has 1 heterocycles. The van der Waals surface area contributed by atoms with Gasteiger partial charge in [-0.2, -0.15) is 0 Å². The molecule has 1 aliphatic carbocycles. The van der Waals surface area contributed by atoms with Gasteiger partial charge in [-0.1, -0.05) is 12.5 Å². The SMILES string of the molecule is O=S1(=O)c2c(O)cccc2NCC12CCC2. The van der Waals surface area contributed by atoms with Gasteiger partial charge in [0.1, 0.15) is 10.6 Å². The molecule has 0 unspecified atom stereocenters. The third kappa shape index (κ3) is 1.01. The maximum Gasteiger partial charge on any atom is 0.191 e. The first-order chi connectivity index (χ1) is 7.57. The van der Waals surface area contributed by atoms with Crippen molar-refractivity contribution in [3.8, 4) is 5.75 Å². The summed E-state index contributed by atoms with van der Waals surface area (Å²) in [5, 5.41) is 12.8. The number of phenols is 1. The minimum atomic E-state index is -3.39. The first kappa shape index (κ1) is 9.96. The summed E-state index contributed by atoms with van der Waals surface area (Å²) in [5.74, 6) is -0.143. The molecule has 4 nitrogen and oxygen atoms in total. The van der Waals surface area contributed by atoms with E-state index in [0.29, 0.717) is 25.1 Å². The van der Waals surface area contributed by atoms with Crippen molar-refractivity contribution in [1.29, 1.82) is 0 Å². The van der Waals surface area contributed by atoms with E-state index in [1.165, 1.54) is 6.07 Å². The van der Waals surface area contributed by atoms with Crippen LogP contribution in [0.5, 0.6) is 5.75 Å². The second kappa shape index (κ2) is 2.91. The molecule has 1 fully saturated rings. The highest BCUT2D eigenvalue weighted by Crippen LogP contribution is 2.49. The third-order valence-corrected chi connectivity index (χ3v) is 6.36. The number of anilines is 1. The molecular weight excluding hydrogens is 226 g/mol. The number of sulfone groups is 1. The summed E-state index contributed by atoms with van der Waals surface area (Å²) in [7, 11) is -3.39. The van der Waals surface area contributed by atoms with Crippen molar-refractivity contribution in [2.75, 3.05) is 11.9 Å². The summed E-state index contributed by atoms with van der Waals surface area (Å²) in [6.45, 7) is 0.464. The highest BCUT2D eigenvalue weighted by molar-refractivity contribution is 7.93. The number of nitrogens with one attached hydrogen (secondary N) is 1. The van der Waals surface area contributed by atoms with E-state index in [4.69, 9.17) is 0 Å². The zero-order valence-corrected chi connectivity index (χ0v) is 9.55. The van der Waals surface area contributed by atoms with Crippen molar-refractivity contribution in [2.45, 2.75) is 28.9 Å². The van der Waals surface area contributed by atoms with E-state index in [9.17, 15) is 13.5 Å². The predicted octanol–water partition coefficient (Wildman–Crippen LogP) is 1.51. The molecule has 0 aromatic heterocycles. The molecule has 16 heavy (non-hydrogen) atoms. The van der Waals surface area contributed by atoms with E-state index >= 15 is 0 Å². The van der Waals surface area contributed by atoms with E-state index in [0.717, 1.165) is 6.42 Å². The lowest BCUT2D eigenvalue weighted by Crippen LogP contribution is -2.53. The number of rotatable bonds is 0.